The maximum Gasteiger partial charge on any atom is 0.293 e. The van der Waals surface area contributed by atoms with E-state index in [0.29, 0.717) is 32.6 Å². The Hall–Kier alpha value is -4.36. The van der Waals surface area contributed by atoms with E-state index in [1.807, 2.05) is 13.0 Å². The lowest BCUT2D eigenvalue weighted by Gasteiger charge is -2.08. The predicted octanol–water partition coefficient (Wildman–Crippen LogP) is 6.26. The average Bonchev–Trinajstić information content (AvgIpc) is 3.23. The molecule has 2 N–H and O–H groups in total. The van der Waals surface area contributed by atoms with E-state index in [4.69, 9.17) is 20.4 Å². The molecule has 0 aliphatic carbocycles. The molecule has 0 saturated carbocycles. The highest BCUT2D eigenvalue weighted by Crippen LogP contribution is 2.32. The van der Waals surface area contributed by atoms with E-state index in [1.165, 1.54) is 0 Å². The first kappa shape index (κ1) is 22.4. The Kier molecular flexibility index (Phi) is 5.84. The first-order valence-corrected chi connectivity index (χ1v) is 11.3. The fourth-order valence-electron chi connectivity index (χ4n) is 3.76. The summed E-state index contributed by atoms with van der Waals surface area (Å²) in [7, 11) is 0. The maximum atomic E-state index is 13.1. The minimum atomic E-state index is -0.685. The van der Waals surface area contributed by atoms with Crippen LogP contribution in [0.5, 0.6) is 0 Å². The van der Waals surface area contributed by atoms with E-state index in [2.05, 4.69) is 10.6 Å². The molecular weight excluding hydrogens is 468 g/mol. The number of anilines is 2. The molecule has 8 heteroatoms. The SMILES string of the molecule is CCc1ccc2oc(C(=O)Nc3c(C(=O)Nc4ccc(Cl)cc4)oc4ccccc34)cc(=O)c2c1. The van der Waals surface area contributed by atoms with Crippen LogP contribution < -0.4 is 16.1 Å². The monoisotopic (exact) mass is 486 g/mol. The predicted molar refractivity (Wildman–Crippen MR) is 135 cm³/mol. The fourth-order valence-corrected chi connectivity index (χ4v) is 3.89. The molecular formula is C27H19ClN2O5. The van der Waals surface area contributed by atoms with Crippen LogP contribution in [-0.2, 0) is 6.42 Å². The summed E-state index contributed by atoms with van der Waals surface area (Å²) in [6.45, 7) is 1.99. The summed E-state index contributed by atoms with van der Waals surface area (Å²) in [5.41, 5.74) is 2.05. The van der Waals surface area contributed by atoms with Crippen LogP contribution in [0.15, 0.2) is 86.4 Å². The Morgan fingerprint density at radius 3 is 2.34 bits per heavy atom. The highest BCUT2D eigenvalue weighted by molar-refractivity contribution is 6.30. The number of aryl methyl sites for hydroxylation is 1. The van der Waals surface area contributed by atoms with E-state index >= 15 is 0 Å². The summed E-state index contributed by atoms with van der Waals surface area (Å²) in [4.78, 5) is 38.8. The van der Waals surface area contributed by atoms with Crippen LogP contribution in [0.4, 0.5) is 11.4 Å². The lowest BCUT2D eigenvalue weighted by molar-refractivity contribution is 0.0996. The Labute approximate surface area is 204 Å². The van der Waals surface area contributed by atoms with Crippen molar-refractivity contribution in [2.75, 3.05) is 10.6 Å². The molecule has 3 aromatic carbocycles. The molecule has 2 heterocycles. The number of carbonyl (C=O) groups is 2. The average molecular weight is 487 g/mol. The lowest BCUT2D eigenvalue weighted by Crippen LogP contribution is -2.18. The maximum absolute atomic E-state index is 13.1. The second-order valence-corrected chi connectivity index (χ2v) is 8.31. The number of amides is 2. The van der Waals surface area contributed by atoms with Crippen LogP contribution in [0.2, 0.25) is 5.02 Å². The molecule has 5 aromatic rings. The molecule has 174 valence electrons. The summed E-state index contributed by atoms with van der Waals surface area (Å²) >= 11 is 5.91. The molecule has 35 heavy (non-hydrogen) atoms. The van der Waals surface area contributed by atoms with Gasteiger partial charge in [0.05, 0.1) is 5.39 Å². The Balaban J connectivity index is 1.51. The molecule has 0 fully saturated rings. The van der Waals surface area contributed by atoms with Crippen molar-refractivity contribution in [3.8, 4) is 0 Å². The summed E-state index contributed by atoms with van der Waals surface area (Å²) in [6, 6.07) is 19.9. The van der Waals surface area contributed by atoms with Gasteiger partial charge in [-0.1, -0.05) is 36.7 Å². The third kappa shape index (κ3) is 4.41. The second kappa shape index (κ2) is 9.12. The minimum Gasteiger partial charge on any atom is -0.451 e. The van der Waals surface area contributed by atoms with Gasteiger partial charge in [0.15, 0.2) is 11.2 Å². The zero-order chi connectivity index (χ0) is 24.5. The number of hydrogen-bond acceptors (Lipinski definition) is 5. The molecule has 0 bridgehead atoms. The zero-order valence-electron chi connectivity index (χ0n) is 18.6. The number of fused-ring (bicyclic) bond motifs is 2. The number of para-hydroxylation sites is 1. The third-order valence-electron chi connectivity index (χ3n) is 5.57. The van der Waals surface area contributed by atoms with Crippen LogP contribution in [-0.4, -0.2) is 11.8 Å². The van der Waals surface area contributed by atoms with Gasteiger partial charge in [0.2, 0.25) is 5.76 Å². The Bertz CT molecular complexity index is 1650. The van der Waals surface area contributed by atoms with Gasteiger partial charge in [0.25, 0.3) is 11.8 Å². The Morgan fingerprint density at radius 2 is 1.57 bits per heavy atom. The summed E-state index contributed by atoms with van der Waals surface area (Å²) in [6.07, 6.45) is 0.770. The molecule has 0 spiro atoms. The first-order chi connectivity index (χ1) is 16.9. The smallest absolute Gasteiger partial charge is 0.293 e. The van der Waals surface area contributed by atoms with Crippen LogP contribution in [0, 0.1) is 0 Å². The molecule has 0 atom stereocenters. The molecule has 5 rings (SSSR count). The number of benzene rings is 3. The topological polar surface area (TPSA) is 102 Å². The van der Waals surface area contributed by atoms with Gasteiger partial charge in [-0.15, -0.1) is 0 Å². The number of carbonyl (C=O) groups excluding carboxylic acids is 2. The van der Waals surface area contributed by atoms with Crippen molar-refractivity contribution < 1.29 is 18.4 Å². The van der Waals surface area contributed by atoms with Gasteiger partial charge in [0, 0.05) is 22.2 Å². The van der Waals surface area contributed by atoms with Crippen LogP contribution in [0.25, 0.3) is 21.9 Å². The normalized spacial score (nSPS) is 11.0. The summed E-state index contributed by atoms with van der Waals surface area (Å²) in [5.74, 6) is -1.52. The summed E-state index contributed by atoms with van der Waals surface area (Å²) < 4.78 is 11.5. The highest BCUT2D eigenvalue weighted by atomic mass is 35.5. The van der Waals surface area contributed by atoms with Crippen molar-refractivity contribution in [2.45, 2.75) is 13.3 Å². The van der Waals surface area contributed by atoms with E-state index in [9.17, 15) is 14.4 Å². The largest absolute Gasteiger partial charge is 0.451 e. The van der Waals surface area contributed by atoms with Crippen LogP contribution in [0.3, 0.4) is 0 Å². The third-order valence-corrected chi connectivity index (χ3v) is 5.82. The van der Waals surface area contributed by atoms with Crippen molar-refractivity contribution in [2.24, 2.45) is 0 Å². The van der Waals surface area contributed by atoms with Gasteiger partial charge in [-0.25, -0.2) is 0 Å². The molecule has 0 saturated heterocycles. The molecule has 0 radical (unpaired) electrons. The number of rotatable bonds is 5. The number of furan rings is 1. The van der Waals surface area contributed by atoms with Crippen LogP contribution in [0.1, 0.15) is 33.6 Å². The minimum absolute atomic E-state index is 0.0924. The molecule has 2 aromatic heterocycles. The van der Waals surface area contributed by atoms with Gasteiger partial charge in [-0.2, -0.15) is 0 Å². The molecule has 2 amide bonds. The molecule has 0 aliphatic rings. The van der Waals surface area contributed by atoms with Crippen molar-refractivity contribution in [3.63, 3.8) is 0 Å². The zero-order valence-corrected chi connectivity index (χ0v) is 19.3. The van der Waals surface area contributed by atoms with E-state index < -0.39 is 11.8 Å². The fraction of sp³-hybridized carbons (Fsp3) is 0.0741. The van der Waals surface area contributed by atoms with Crippen LogP contribution >= 0.6 is 11.6 Å². The number of halogens is 1. The molecule has 0 unspecified atom stereocenters. The van der Waals surface area contributed by atoms with Crippen molar-refractivity contribution in [1.82, 2.24) is 0 Å². The summed E-state index contributed by atoms with van der Waals surface area (Å²) in [5, 5.41) is 6.88. The van der Waals surface area contributed by atoms with Gasteiger partial charge < -0.3 is 19.5 Å². The van der Waals surface area contributed by atoms with Gasteiger partial charge >= 0.3 is 0 Å². The molecule has 0 aliphatic heterocycles. The first-order valence-electron chi connectivity index (χ1n) is 10.9. The number of hydrogen-bond donors (Lipinski definition) is 2. The van der Waals surface area contributed by atoms with Crippen molar-refractivity contribution in [1.29, 1.82) is 0 Å². The highest BCUT2D eigenvalue weighted by Gasteiger charge is 2.24. The van der Waals surface area contributed by atoms with Crippen molar-refractivity contribution in [3.05, 3.63) is 105 Å². The quantitative estimate of drug-likeness (QED) is 0.305. The van der Waals surface area contributed by atoms with E-state index in [1.54, 1.807) is 60.7 Å². The second-order valence-electron chi connectivity index (χ2n) is 7.88. The van der Waals surface area contributed by atoms with Crippen molar-refractivity contribution >= 4 is 56.7 Å². The van der Waals surface area contributed by atoms with Gasteiger partial charge in [0.1, 0.15) is 16.9 Å². The lowest BCUT2D eigenvalue weighted by atomic mass is 10.1. The van der Waals surface area contributed by atoms with Gasteiger partial charge in [-0.05, 0) is 60.5 Å². The van der Waals surface area contributed by atoms with Gasteiger partial charge in [-0.3, -0.25) is 14.4 Å². The van der Waals surface area contributed by atoms with E-state index in [0.717, 1.165) is 18.1 Å². The number of nitrogens with one attached hydrogen (secondary N) is 2. The standard InChI is InChI=1S/C27H19ClN2O5/c1-2-15-7-12-22-19(13-15)20(31)14-23(34-22)26(32)30-24-18-5-3-4-6-21(18)35-25(24)27(33)29-17-10-8-16(28)9-11-17/h3-14H,2H2,1H3,(H,29,33)(H,30,32). The van der Waals surface area contributed by atoms with E-state index in [-0.39, 0.29) is 22.6 Å². The molecule has 7 nitrogen and oxygen atoms in total. The Morgan fingerprint density at radius 1 is 0.829 bits per heavy atom.